The van der Waals surface area contributed by atoms with Crippen LogP contribution < -0.4 is 20.3 Å². The summed E-state index contributed by atoms with van der Waals surface area (Å²) in [6, 6.07) is 6.31. The number of esters is 1. The van der Waals surface area contributed by atoms with Crippen LogP contribution in [0.25, 0.3) is 0 Å². The van der Waals surface area contributed by atoms with E-state index in [2.05, 4.69) is 10.6 Å². The second-order valence-corrected chi connectivity index (χ2v) is 5.90. The van der Waals surface area contributed by atoms with Crippen molar-refractivity contribution in [3.63, 3.8) is 0 Å². The highest BCUT2D eigenvalue weighted by atomic mass is 16.5. The van der Waals surface area contributed by atoms with Gasteiger partial charge in [-0.15, -0.1) is 0 Å². The second-order valence-electron chi connectivity index (χ2n) is 5.90. The molecule has 0 saturated heterocycles. The van der Waals surface area contributed by atoms with E-state index in [0.29, 0.717) is 18.0 Å². The highest BCUT2D eigenvalue weighted by Crippen LogP contribution is 2.31. The maximum absolute atomic E-state index is 12.0. The van der Waals surface area contributed by atoms with Crippen molar-refractivity contribution in [3.05, 3.63) is 24.3 Å². The summed E-state index contributed by atoms with van der Waals surface area (Å²) in [5.74, 6) is -1.19. The number of benzene rings is 1. The van der Waals surface area contributed by atoms with E-state index in [-0.39, 0.29) is 31.4 Å². The monoisotopic (exact) mass is 377 g/mol. The molecule has 0 fully saturated rings. The van der Waals surface area contributed by atoms with Crippen molar-refractivity contribution < 1.29 is 28.7 Å². The number of anilines is 1. The molecule has 0 aromatic heterocycles. The van der Waals surface area contributed by atoms with E-state index in [4.69, 9.17) is 9.47 Å². The third kappa shape index (κ3) is 5.70. The Morgan fingerprint density at radius 1 is 1.30 bits per heavy atom. The van der Waals surface area contributed by atoms with Gasteiger partial charge >= 0.3 is 5.97 Å². The van der Waals surface area contributed by atoms with E-state index in [0.717, 1.165) is 0 Å². The molecule has 27 heavy (non-hydrogen) atoms. The van der Waals surface area contributed by atoms with E-state index in [9.17, 15) is 19.2 Å². The molecule has 3 amide bonds. The molecule has 0 radical (unpaired) electrons. The molecule has 0 saturated carbocycles. The number of ether oxygens (including phenoxy) is 2. The molecule has 0 spiro atoms. The van der Waals surface area contributed by atoms with Crippen molar-refractivity contribution in [3.8, 4) is 5.75 Å². The standard InChI is InChI=1S/C18H23N3O6/c1-3-19-18(25)12(2)20-15(22)10-27-17(24)8-9-21-13-6-4-5-7-14(13)26-11-16(21)23/h4-7,12H,3,8-11H2,1-2H3,(H,19,25)(H,20,22)/t12-/m1/s1. The summed E-state index contributed by atoms with van der Waals surface area (Å²) in [5, 5.41) is 5.01. The Balaban J connectivity index is 1.77. The van der Waals surface area contributed by atoms with Gasteiger partial charge in [-0.2, -0.15) is 0 Å². The number of nitrogens with zero attached hydrogens (tertiary/aromatic N) is 1. The summed E-state index contributed by atoms with van der Waals surface area (Å²) >= 11 is 0. The van der Waals surface area contributed by atoms with Gasteiger partial charge in [0, 0.05) is 13.1 Å². The molecule has 1 aliphatic rings. The fourth-order valence-electron chi connectivity index (χ4n) is 2.50. The number of para-hydroxylation sites is 2. The summed E-state index contributed by atoms with van der Waals surface area (Å²) < 4.78 is 10.2. The first kappa shape index (κ1) is 20.2. The number of likely N-dealkylation sites (N-methyl/N-ethyl adjacent to an activating group) is 1. The Morgan fingerprint density at radius 2 is 2.04 bits per heavy atom. The average Bonchev–Trinajstić information content (AvgIpc) is 2.65. The molecule has 0 aliphatic carbocycles. The van der Waals surface area contributed by atoms with Crippen molar-refractivity contribution in [1.82, 2.24) is 10.6 Å². The topological polar surface area (TPSA) is 114 Å². The number of carbonyl (C=O) groups is 4. The number of fused-ring (bicyclic) bond motifs is 1. The summed E-state index contributed by atoms with van der Waals surface area (Å²) in [4.78, 5) is 48.6. The van der Waals surface area contributed by atoms with Crippen LogP contribution in [0.15, 0.2) is 24.3 Å². The largest absolute Gasteiger partial charge is 0.482 e. The van der Waals surface area contributed by atoms with Crippen LogP contribution in [0.1, 0.15) is 20.3 Å². The minimum absolute atomic E-state index is 0.0702. The lowest BCUT2D eigenvalue weighted by Gasteiger charge is -2.28. The molecule has 1 atom stereocenters. The second kappa shape index (κ2) is 9.56. The van der Waals surface area contributed by atoms with Crippen LogP contribution >= 0.6 is 0 Å². The van der Waals surface area contributed by atoms with Gasteiger partial charge in [0.1, 0.15) is 11.8 Å². The van der Waals surface area contributed by atoms with E-state index < -0.39 is 24.5 Å². The van der Waals surface area contributed by atoms with Crippen LogP contribution in [0.5, 0.6) is 5.75 Å². The van der Waals surface area contributed by atoms with Gasteiger partial charge in [0.05, 0.1) is 12.1 Å². The van der Waals surface area contributed by atoms with Crippen LogP contribution in [0.4, 0.5) is 5.69 Å². The van der Waals surface area contributed by atoms with Gasteiger partial charge in [-0.1, -0.05) is 12.1 Å². The third-order valence-electron chi connectivity index (χ3n) is 3.83. The van der Waals surface area contributed by atoms with Gasteiger partial charge in [-0.3, -0.25) is 19.2 Å². The molecule has 1 heterocycles. The van der Waals surface area contributed by atoms with E-state index in [1.807, 2.05) is 0 Å². The number of hydrogen-bond donors (Lipinski definition) is 2. The van der Waals surface area contributed by atoms with Gasteiger partial charge in [0.25, 0.3) is 11.8 Å². The van der Waals surface area contributed by atoms with E-state index >= 15 is 0 Å². The van der Waals surface area contributed by atoms with Crippen molar-refractivity contribution in [2.45, 2.75) is 26.3 Å². The zero-order chi connectivity index (χ0) is 19.8. The van der Waals surface area contributed by atoms with Crippen molar-refractivity contribution >= 4 is 29.4 Å². The number of carbonyl (C=O) groups excluding carboxylic acids is 4. The fourth-order valence-corrected chi connectivity index (χ4v) is 2.50. The molecule has 0 unspecified atom stereocenters. The fraction of sp³-hybridized carbons (Fsp3) is 0.444. The minimum atomic E-state index is -0.723. The van der Waals surface area contributed by atoms with Gasteiger partial charge in [0.2, 0.25) is 5.91 Å². The van der Waals surface area contributed by atoms with Crippen molar-refractivity contribution in [2.75, 3.05) is 31.2 Å². The summed E-state index contributed by atoms with van der Waals surface area (Å²) in [7, 11) is 0. The smallest absolute Gasteiger partial charge is 0.308 e. The molecule has 2 N–H and O–H groups in total. The van der Waals surface area contributed by atoms with E-state index in [1.165, 1.54) is 11.8 Å². The highest BCUT2D eigenvalue weighted by Gasteiger charge is 2.25. The Bertz CT molecular complexity index is 721. The van der Waals surface area contributed by atoms with Gasteiger partial charge in [-0.25, -0.2) is 0 Å². The average molecular weight is 377 g/mol. The predicted molar refractivity (Wildman–Crippen MR) is 96.2 cm³/mol. The van der Waals surface area contributed by atoms with Gasteiger partial charge < -0.3 is 25.0 Å². The van der Waals surface area contributed by atoms with E-state index in [1.54, 1.807) is 31.2 Å². The molecule has 9 nitrogen and oxygen atoms in total. The highest BCUT2D eigenvalue weighted by molar-refractivity contribution is 5.98. The summed E-state index contributed by atoms with van der Waals surface area (Å²) in [6.45, 7) is 3.30. The zero-order valence-electron chi connectivity index (χ0n) is 15.3. The lowest BCUT2D eigenvalue weighted by molar-refractivity contribution is -0.148. The normalized spacial score (nSPS) is 13.9. The number of rotatable bonds is 8. The number of nitrogens with one attached hydrogen (secondary N) is 2. The Kier molecular flexibility index (Phi) is 7.16. The SMILES string of the molecule is CCNC(=O)[C@@H](C)NC(=O)COC(=O)CCN1C(=O)COc2ccccc21. The van der Waals surface area contributed by atoms with Gasteiger partial charge in [0.15, 0.2) is 13.2 Å². The molecular weight excluding hydrogens is 354 g/mol. The first-order valence-corrected chi connectivity index (χ1v) is 8.67. The predicted octanol–water partition coefficient (Wildman–Crippen LogP) is -0.0139. The molecule has 146 valence electrons. The lowest BCUT2D eigenvalue weighted by Crippen LogP contribution is -2.46. The van der Waals surface area contributed by atoms with Crippen LogP contribution in [0.2, 0.25) is 0 Å². The number of amides is 3. The Hall–Kier alpha value is -3.10. The Morgan fingerprint density at radius 3 is 2.78 bits per heavy atom. The third-order valence-corrected chi connectivity index (χ3v) is 3.83. The Labute approximate surface area is 157 Å². The molecule has 1 aromatic rings. The van der Waals surface area contributed by atoms with Crippen LogP contribution in [-0.4, -0.2) is 56.0 Å². The lowest BCUT2D eigenvalue weighted by atomic mass is 10.2. The maximum Gasteiger partial charge on any atom is 0.308 e. The molecule has 2 rings (SSSR count). The molecule has 9 heteroatoms. The number of hydrogen-bond acceptors (Lipinski definition) is 6. The van der Waals surface area contributed by atoms with Crippen molar-refractivity contribution in [2.24, 2.45) is 0 Å². The van der Waals surface area contributed by atoms with Crippen LogP contribution in [0, 0.1) is 0 Å². The van der Waals surface area contributed by atoms with Crippen LogP contribution in [-0.2, 0) is 23.9 Å². The molecular formula is C18H23N3O6. The maximum atomic E-state index is 12.0. The molecule has 1 aliphatic heterocycles. The van der Waals surface area contributed by atoms with Gasteiger partial charge in [-0.05, 0) is 26.0 Å². The summed E-state index contributed by atoms with van der Waals surface area (Å²) in [6.07, 6.45) is -0.0702. The zero-order valence-corrected chi connectivity index (χ0v) is 15.3. The quantitative estimate of drug-likeness (QED) is 0.616. The first-order chi connectivity index (χ1) is 12.9. The molecule has 1 aromatic carbocycles. The summed E-state index contributed by atoms with van der Waals surface area (Å²) in [5.41, 5.74) is 0.593. The van der Waals surface area contributed by atoms with Crippen LogP contribution in [0.3, 0.4) is 0 Å². The minimum Gasteiger partial charge on any atom is -0.482 e. The first-order valence-electron chi connectivity index (χ1n) is 8.67. The van der Waals surface area contributed by atoms with Crippen molar-refractivity contribution in [1.29, 1.82) is 0 Å². The molecule has 0 bridgehead atoms.